The van der Waals surface area contributed by atoms with Gasteiger partial charge in [-0.15, -0.1) is 0 Å². The van der Waals surface area contributed by atoms with Gasteiger partial charge in [-0.05, 0) is 43.5 Å². The Labute approximate surface area is 230 Å². The first-order chi connectivity index (χ1) is 18.8. The molecular formula is C29H42N2O8. The highest BCUT2D eigenvalue weighted by Gasteiger charge is 2.51. The van der Waals surface area contributed by atoms with E-state index in [4.69, 9.17) is 9.47 Å². The number of benzene rings is 1. The molecule has 216 valence electrons. The van der Waals surface area contributed by atoms with Crippen LogP contribution in [0.25, 0.3) is 0 Å². The fraction of sp³-hybridized carbons (Fsp3) is 0.621. The van der Waals surface area contributed by atoms with Gasteiger partial charge in [-0.2, -0.15) is 0 Å². The minimum Gasteiger partial charge on any atom is -0.493 e. The first kappa shape index (κ1) is 30.6. The summed E-state index contributed by atoms with van der Waals surface area (Å²) in [7, 11) is 1.48. The number of carbonyl (C=O) groups is 3. The third kappa shape index (κ3) is 7.17. The van der Waals surface area contributed by atoms with E-state index in [0.29, 0.717) is 47.6 Å². The van der Waals surface area contributed by atoms with Gasteiger partial charge in [-0.25, -0.2) is 0 Å². The van der Waals surface area contributed by atoms with Gasteiger partial charge in [0.1, 0.15) is 18.0 Å². The van der Waals surface area contributed by atoms with Crippen molar-refractivity contribution in [2.24, 2.45) is 0 Å². The molecule has 2 amide bonds. The van der Waals surface area contributed by atoms with Crippen LogP contribution in [0.1, 0.15) is 75.8 Å². The first-order valence-corrected chi connectivity index (χ1v) is 13.8. The molecule has 0 radical (unpaired) electrons. The molecule has 2 aliphatic rings. The van der Waals surface area contributed by atoms with E-state index in [9.17, 15) is 29.7 Å². The minimum absolute atomic E-state index is 0.00823. The minimum atomic E-state index is -1.15. The Hall–Kier alpha value is -2.95. The predicted molar refractivity (Wildman–Crippen MR) is 144 cm³/mol. The van der Waals surface area contributed by atoms with Gasteiger partial charge in [0.05, 0.1) is 32.3 Å². The topological polar surface area (TPSA) is 146 Å². The SMILES string of the molecule is CCCCCCN(C(=O)CCCC(C)=O)[C@@H]1C=C(C(=O)NCCO)[C@@H]2c3cc(CO)cc(OC)c3O[C@@H]2[C@H]1O. The molecule has 1 aliphatic heterocycles. The second-order valence-corrected chi connectivity index (χ2v) is 10.2. The smallest absolute Gasteiger partial charge is 0.247 e. The van der Waals surface area contributed by atoms with Gasteiger partial charge in [-0.1, -0.05) is 26.2 Å². The summed E-state index contributed by atoms with van der Waals surface area (Å²) in [5.41, 5.74) is 1.49. The maximum absolute atomic E-state index is 13.4. The van der Waals surface area contributed by atoms with Crippen molar-refractivity contribution < 1.29 is 39.2 Å². The van der Waals surface area contributed by atoms with Crippen LogP contribution in [0, 0.1) is 0 Å². The lowest BCUT2D eigenvalue weighted by molar-refractivity contribution is -0.137. The molecule has 0 spiro atoms. The number of rotatable bonds is 15. The zero-order chi connectivity index (χ0) is 28.5. The van der Waals surface area contributed by atoms with Crippen LogP contribution >= 0.6 is 0 Å². The number of unbranched alkanes of at least 4 members (excludes halogenated alkanes) is 3. The Kier molecular flexibility index (Phi) is 11.3. The molecule has 10 nitrogen and oxygen atoms in total. The molecule has 0 unspecified atom stereocenters. The highest BCUT2D eigenvalue weighted by Crippen LogP contribution is 2.51. The van der Waals surface area contributed by atoms with Crippen molar-refractivity contribution in [2.75, 3.05) is 26.8 Å². The molecule has 0 fully saturated rings. The second kappa shape index (κ2) is 14.4. The largest absolute Gasteiger partial charge is 0.493 e. The van der Waals surface area contributed by atoms with Gasteiger partial charge in [0.15, 0.2) is 11.5 Å². The van der Waals surface area contributed by atoms with Crippen LogP contribution in [0.4, 0.5) is 0 Å². The fourth-order valence-corrected chi connectivity index (χ4v) is 5.40. The maximum atomic E-state index is 13.4. The average Bonchev–Trinajstić information content (AvgIpc) is 3.31. The number of hydrogen-bond acceptors (Lipinski definition) is 8. The summed E-state index contributed by atoms with van der Waals surface area (Å²) in [4.78, 5) is 39.8. The standard InChI is InChI=1S/C29H42N2O8/c1-4-5-6-7-12-31(24(35)10-8-9-18(2)34)22-16-21(29(37)30-11-13-32)25-20-14-19(17-33)15-23(38-3)27(20)39-28(25)26(22)36/h14-16,22,25-26,28,32-33,36H,4-13,17H2,1-3H3,(H,30,37)/t22-,25+,26+,28+/m1/s1. The van der Waals surface area contributed by atoms with E-state index in [0.717, 1.165) is 25.7 Å². The highest BCUT2D eigenvalue weighted by molar-refractivity contribution is 5.96. The van der Waals surface area contributed by atoms with Gasteiger partial charge in [0.2, 0.25) is 11.8 Å². The molecule has 0 saturated carbocycles. The van der Waals surface area contributed by atoms with Gasteiger partial charge < -0.3 is 39.8 Å². The van der Waals surface area contributed by atoms with Gasteiger partial charge in [0.25, 0.3) is 0 Å². The number of Topliss-reactive ketones (excluding diaryl/α,β-unsaturated/α-hetero) is 1. The number of nitrogens with zero attached hydrogens (tertiary/aromatic N) is 1. The van der Waals surface area contributed by atoms with Crippen molar-refractivity contribution in [1.29, 1.82) is 0 Å². The molecule has 3 rings (SSSR count). The van der Waals surface area contributed by atoms with Crippen LogP contribution in [-0.4, -0.2) is 82.9 Å². The number of carbonyl (C=O) groups excluding carboxylic acids is 3. The van der Waals surface area contributed by atoms with Crippen molar-refractivity contribution in [3.8, 4) is 11.5 Å². The maximum Gasteiger partial charge on any atom is 0.247 e. The predicted octanol–water partition coefficient (Wildman–Crippen LogP) is 1.98. The summed E-state index contributed by atoms with van der Waals surface area (Å²) in [6.45, 7) is 3.53. The Morgan fingerprint density at radius 3 is 2.51 bits per heavy atom. The normalized spacial score (nSPS) is 21.3. The van der Waals surface area contributed by atoms with Crippen LogP contribution in [0.15, 0.2) is 23.8 Å². The Morgan fingerprint density at radius 1 is 1.10 bits per heavy atom. The lowest BCUT2D eigenvalue weighted by Crippen LogP contribution is -2.56. The summed E-state index contributed by atoms with van der Waals surface area (Å²) < 4.78 is 11.7. The second-order valence-electron chi connectivity index (χ2n) is 10.2. The van der Waals surface area contributed by atoms with Crippen LogP contribution in [0.2, 0.25) is 0 Å². The molecule has 1 heterocycles. The number of nitrogens with one attached hydrogen (secondary N) is 1. The number of fused-ring (bicyclic) bond motifs is 3. The molecule has 10 heteroatoms. The van der Waals surface area contributed by atoms with Crippen LogP contribution in [0.3, 0.4) is 0 Å². The van der Waals surface area contributed by atoms with Crippen molar-refractivity contribution in [3.05, 3.63) is 34.9 Å². The van der Waals surface area contributed by atoms with Crippen molar-refractivity contribution in [2.45, 2.75) is 89.6 Å². The van der Waals surface area contributed by atoms with Gasteiger partial charge in [-0.3, -0.25) is 9.59 Å². The molecule has 0 saturated heterocycles. The van der Waals surface area contributed by atoms with E-state index in [1.54, 1.807) is 23.1 Å². The number of ketones is 1. The van der Waals surface area contributed by atoms with Crippen LogP contribution in [0.5, 0.6) is 11.5 Å². The van der Waals surface area contributed by atoms with Crippen LogP contribution < -0.4 is 14.8 Å². The van der Waals surface area contributed by atoms with Crippen molar-refractivity contribution in [1.82, 2.24) is 10.2 Å². The highest BCUT2D eigenvalue weighted by atomic mass is 16.5. The van der Waals surface area contributed by atoms with E-state index in [1.165, 1.54) is 14.0 Å². The first-order valence-electron chi connectivity index (χ1n) is 13.8. The lowest BCUT2D eigenvalue weighted by Gasteiger charge is -2.41. The summed E-state index contributed by atoms with van der Waals surface area (Å²) in [6.07, 6.45) is 4.16. The number of ether oxygens (including phenoxy) is 2. The summed E-state index contributed by atoms with van der Waals surface area (Å²) in [5, 5.41) is 33.4. The van der Waals surface area contributed by atoms with E-state index in [-0.39, 0.29) is 37.9 Å². The van der Waals surface area contributed by atoms with E-state index >= 15 is 0 Å². The van der Waals surface area contributed by atoms with E-state index < -0.39 is 30.1 Å². The Bertz CT molecular complexity index is 1060. The number of aliphatic hydroxyl groups excluding tert-OH is 3. The molecular weight excluding hydrogens is 504 g/mol. The molecule has 0 aromatic heterocycles. The number of hydrogen-bond donors (Lipinski definition) is 4. The Morgan fingerprint density at radius 2 is 1.87 bits per heavy atom. The fourth-order valence-electron chi connectivity index (χ4n) is 5.40. The molecule has 4 N–H and O–H groups in total. The zero-order valence-corrected chi connectivity index (χ0v) is 23.1. The van der Waals surface area contributed by atoms with E-state index in [1.807, 2.05) is 0 Å². The third-order valence-electron chi connectivity index (χ3n) is 7.35. The number of methoxy groups -OCH3 is 1. The monoisotopic (exact) mass is 546 g/mol. The van der Waals surface area contributed by atoms with Gasteiger partial charge >= 0.3 is 0 Å². The molecule has 39 heavy (non-hydrogen) atoms. The van der Waals surface area contributed by atoms with Crippen molar-refractivity contribution >= 4 is 17.6 Å². The van der Waals surface area contributed by atoms with E-state index in [2.05, 4.69) is 12.2 Å². The molecule has 1 aliphatic carbocycles. The summed E-state index contributed by atoms with van der Waals surface area (Å²) in [5.74, 6) is -0.531. The van der Waals surface area contributed by atoms with Gasteiger partial charge in [0, 0.05) is 37.1 Å². The average molecular weight is 547 g/mol. The quantitative estimate of drug-likeness (QED) is 0.244. The molecule has 0 bridgehead atoms. The lowest BCUT2D eigenvalue weighted by atomic mass is 9.77. The number of aliphatic hydroxyl groups is 3. The Balaban J connectivity index is 2.03. The van der Waals surface area contributed by atoms with Crippen molar-refractivity contribution in [3.63, 3.8) is 0 Å². The summed E-state index contributed by atoms with van der Waals surface area (Å²) >= 11 is 0. The third-order valence-corrected chi connectivity index (χ3v) is 7.35. The molecule has 1 aromatic carbocycles. The molecule has 1 aromatic rings. The summed E-state index contributed by atoms with van der Waals surface area (Å²) in [6, 6.07) is 2.55. The number of amides is 2. The van der Waals surface area contributed by atoms with Crippen LogP contribution in [-0.2, 0) is 21.0 Å². The zero-order valence-electron chi connectivity index (χ0n) is 23.1. The molecule has 4 atom stereocenters.